The number of nitrogens with zero attached hydrogens (tertiary/aromatic N) is 1. The Kier molecular flexibility index (Phi) is 5.18. The van der Waals surface area contributed by atoms with E-state index in [0.717, 1.165) is 17.0 Å². The molecular weight excluding hydrogens is 318 g/mol. The van der Waals surface area contributed by atoms with Gasteiger partial charge in [0.15, 0.2) is 0 Å². The minimum atomic E-state index is -0.266. The Morgan fingerprint density at radius 2 is 1.88 bits per heavy atom. The minimum Gasteiger partial charge on any atom is -0.497 e. The van der Waals surface area contributed by atoms with Crippen molar-refractivity contribution in [3.63, 3.8) is 0 Å². The zero-order valence-electron chi connectivity index (χ0n) is 14.1. The van der Waals surface area contributed by atoms with Crippen LogP contribution in [0, 0.1) is 0 Å². The fraction of sp³-hybridized carbons (Fsp3) is 0.263. The Labute approximate surface area is 146 Å². The SMILES string of the molecule is COc1ccc(N2C[C@H](NC(=O)NCc3ccccc3)CC2=O)cc1. The van der Waals surface area contributed by atoms with Crippen LogP contribution in [0.5, 0.6) is 5.75 Å². The van der Waals surface area contributed by atoms with Crippen molar-refractivity contribution < 1.29 is 14.3 Å². The highest BCUT2D eigenvalue weighted by Gasteiger charge is 2.31. The smallest absolute Gasteiger partial charge is 0.315 e. The van der Waals surface area contributed by atoms with Gasteiger partial charge in [-0.1, -0.05) is 30.3 Å². The van der Waals surface area contributed by atoms with Gasteiger partial charge in [0, 0.05) is 25.2 Å². The molecule has 0 aliphatic carbocycles. The lowest BCUT2D eigenvalue weighted by Crippen LogP contribution is -2.43. The summed E-state index contributed by atoms with van der Waals surface area (Å²) < 4.78 is 5.13. The Morgan fingerprint density at radius 1 is 1.16 bits per heavy atom. The lowest BCUT2D eigenvalue weighted by atomic mass is 10.2. The monoisotopic (exact) mass is 339 g/mol. The average Bonchev–Trinajstić information content (AvgIpc) is 3.01. The molecule has 2 aromatic carbocycles. The molecule has 1 saturated heterocycles. The molecule has 1 heterocycles. The second kappa shape index (κ2) is 7.70. The van der Waals surface area contributed by atoms with Crippen LogP contribution in [0.3, 0.4) is 0 Å². The number of hydrogen-bond donors (Lipinski definition) is 2. The molecule has 0 radical (unpaired) electrons. The summed E-state index contributed by atoms with van der Waals surface area (Å²) in [6.45, 7) is 0.916. The Bertz CT molecular complexity index is 731. The molecule has 0 aromatic heterocycles. The molecular formula is C19H21N3O3. The molecule has 0 spiro atoms. The molecule has 1 aliphatic rings. The van der Waals surface area contributed by atoms with Crippen LogP contribution in [-0.4, -0.2) is 31.6 Å². The summed E-state index contributed by atoms with van der Waals surface area (Å²) in [4.78, 5) is 25.9. The number of hydrogen-bond acceptors (Lipinski definition) is 3. The lowest BCUT2D eigenvalue weighted by Gasteiger charge is -2.17. The maximum absolute atomic E-state index is 12.2. The maximum atomic E-state index is 12.2. The van der Waals surface area contributed by atoms with Gasteiger partial charge in [-0.3, -0.25) is 4.79 Å². The van der Waals surface area contributed by atoms with Gasteiger partial charge in [0.1, 0.15) is 5.75 Å². The zero-order valence-corrected chi connectivity index (χ0v) is 14.1. The van der Waals surface area contributed by atoms with Gasteiger partial charge >= 0.3 is 6.03 Å². The first-order chi connectivity index (χ1) is 12.2. The van der Waals surface area contributed by atoms with E-state index < -0.39 is 0 Å². The van der Waals surface area contributed by atoms with E-state index in [1.807, 2.05) is 54.6 Å². The van der Waals surface area contributed by atoms with Crippen LogP contribution in [-0.2, 0) is 11.3 Å². The highest BCUT2D eigenvalue weighted by Crippen LogP contribution is 2.24. The summed E-state index contributed by atoms with van der Waals surface area (Å²) in [6.07, 6.45) is 0.296. The van der Waals surface area contributed by atoms with Gasteiger partial charge in [0.2, 0.25) is 5.91 Å². The molecule has 6 nitrogen and oxygen atoms in total. The molecule has 0 saturated carbocycles. The number of benzene rings is 2. The Balaban J connectivity index is 1.52. The van der Waals surface area contributed by atoms with Crippen molar-refractivity contribution in [1.29, 1.82) is 0 Å². The third kappa shape index (κ3) is 4.29. The topological polar surface area (TPSA) is 70.7 Å². The fourth-order valence-electron chi connectivity index (χ4n) is 2.83. The predicted octanol–water partition coefficient (Wildman–Crippen LogP) is 2.30. The third-order valence-electron chi connectivity index (χ3n) is 4.14. The first-order valence-corrected chi connectivity index (χ1v) is 8.18. The second-order valence-corrected chi connectivity index (χ2v) is 5.92. The molecule has 3 amide bonds. The number of amides is 3. The van der Waals surface area contributed by atoms with E-state index in [-0.39, 0.29) is 18.0 Å². The number of ether oxygens (including phenoxy) is 1. The molecule has 1 atom stereocenters. The van der Waals surface area contributed by atoms with Gasteiger partial charge in [0.05, 0.1) is 13.2 Å². The summed E-state index contributed by atoms with van der Waals surface area (Å²) >= 11 is 0. The molecule has 1 fully saturated rings. The number of methoxy groups -OCH3 is 1. The summed E-state index contributed by atoms with van der Waals surface area (Å²) in [5, 5.41) is 5.68. The zero-order chi connectivity index (χ0) is 17.6. The highest BCUT2D eigenvalue weighted by atomic mass is 16.5. The van der Waals surface area contributed by atoms with Crippen LogP contribution in [0.25, 0.3) is 0 Å². The Hall–Kier alpha value is -3.02. The normalized spacial score (nSPS) is 16.6. The molecule has 1 aliphatic heterocycles. The van der Waals surface area contributed by atoms with Gasteiger partial charge in [-0.05, 0) is 29.8 Å². The van der Waals surface area contributed by atoms with E-state index in [2.05, 4.69) is 10.6 Å². The first kappa shape index (κ1) is 16.8. The van der Waals surface area contributed by atoms with Crippen LogP contribution in [0.4, 0.5) is 10.5 Å². The number of urea groups is 1. The summed E-state index contributed by atoms with van der Waals surface area (Å²) in [5.74, 6) is 0.740. The fourth-order valence-corrected chi connectivity index (χ4v) is 2.83. The van der Waals surface area contributed by atoms with E-state index in [1.54, 1.807) is 12.0 Å². The van der Waals surface area contributed by atoms with E-state index in [9.17, 15) is 9.59 Å². The Morgan fingerprint density at radius 3 is 2.56 bits per heavy atom. The van der Waals surface area contributed by atoms with Gasteiger partial charge in [-0.2, -0.15) is 0 Å². The second-order valence-electron chi connectivity index (χ2n) is 5.92. The maximum Gasteiger partial charge on any atom is 0.315 e. The van der Waals surface area contributed by atoms with Crippen LogP contribution in [0.15, 0.2) is 54.6 Å². The molecule has 0 unspecified atom stereocenters. The first-order valence-electron chi connectivity index (χ1n) is 8.18. The van der Waals surface area contributed by atoms with E-state index in [0.29, 0.717) is 19.5 Å². The van der Waals surface area contributed by atoms with E-state index >= 15 is 0 Å². The van der Waals surface area contributed by atoms with Crippen molar-refractivity contribution in [3.05, 3.63) is 60.2 Å². The van der Waals surface area contributed by atoms with Crippen molar-refractivity contribution >= 4 is 17.6 Å². The number of carbonyl (C=O) groups excluding carboxylic acids is 2. The standard InChI is InChI=1S/C19H21N3O3/c1-25-17-9-7-16(8-10-17)22-13-15(11-18(22)23)21-19(24)20-12-14-5-3-2-4-6-14/h2-10,15H,11-13H2,1H3,(H2,20,21,24)/t15-/m1/s1. The molecule has 0 bridgehead atoms. The molecule has 3 rings (SSSR count). The van der Waals surface area contributed by atoms with Crippen molar-refractivity contribution in [2.75, 3.05) is 18.6 Å². The van der Waals surface area contributed by atoms with Gasteiger partial charge in [-0.25, -0.2) is 4.79 Å². The third-order valence-corrected chi connectivity index (χ3v) is 4.14. The summed E-state index contributed by atoms with van der Waals surface area (Å²) in [6, 6.07) is 16.5. The average molecular weight is 339 g/mol. The van der Waals surface area contributed by atoms with Crippen molar-refractivity contribution in [3.8, 4) is 5.75 Å². The number of carbonyl (C=O) groups is 2. The van der Waals surface area contributed by atoms with Crippen LogP contribution in [0.1, 0.15) is 12.0 Å². The van der Waals surface area contributed by atoms with Crippen LogP contribution >= 0.6 is 0 Å². The van der Waals surface area contributed by atoms with E-state index in [1.165, 1.54) is 0 Å². The van der Waals surface area contributed by atoms with Crippen LogP contribution in [0.2, 0.25) is 0 Å². The van der Waals surface area contributed by atoms with Gasteiger partial charge in [-0.15, -0.1) is 0 Å². The lowest BCUT2D eigenvalue weighted by molar-refractivity contribution is -0.117. The predicted molar refractivity (Wildman–Crippen MR) is 95.6 cm³/mol. The number of nitrogens with one attached hydrogen (secondary N) is 2. The number of rotatable bonds is 5. The molecule has 2 aromatic rings. The van der Waals surface area contributed by atoms with Crippen molar-refractivity contribution in [2.24, 2.45) is 0 Å². The summed E-state index contributed by atoms with van der Waals surface area (Å²) in [7, 11) is 1.60. The van der Waals surface area contributed by atoms with E-state index in [4.69, 9.17) is 4.74 Å². The summed E-state index contributed by atoms with van der Waals surface area (Å²) in [5.41, 5.74) is 1.83. The van der Waals surface area contributed by atoms with Crippen molar-refractivity contribution in [1.82, 2.24) is 10.6 Å². The molecule has 25 heavy (non-hydrogen) atoms. The molecule has 2 N–H and O–H groups in total. The quantitative estimate of drug-likeness (QED) is 0.878. The number of anilines is 1. The molecule has 6 heteroatoms. The molecule has 130 valence electrons. The minimum absolute atomic E-state index is 0.00136. The largest absolute Gasteiger partial charge is 0.497 e. The van der Waals surface area contributed by atoms with Crippen molar-refractivity contribution in [2.45, 2.75) is 19.0 Å². The van der Waals surface area contributed by atoms with Gasteiger partial charge < -0.3 is 20.3 Å². The van der Waals surface area contributed by atoms with Gasteiger partial charge in [0.25, 0.3) is 0 Å². The van der Waals surface area contributed by atoms with Crippen LogP contribution < -0.4 is 20.3 Å². The highest BCUT2D eigenvalue weighted by molar-refractivity contribution is 5.96.